The molecule has 4 nitrogen and oxygen atoms in total. The van der Waals surface area contributed by atoms with Crippen LogP contribution in [0.5, 0.6) is 0 Å². The van der Waals surface area contributed by atoms with E-state index in [2.05, 4.69) is 4.98 Å². The molecule has 1 aromatic heterocycles. The Balaban J connectivity index is 2.78. The van der Waals surface area contributed by atoms with E-state index in [1.54, 1.807) is 12.1 Å². The number of carboxylic acid groups (broad SMARTS) is 1. The maximum Gasteiger partial charge on any atom is 0.357 e. The second kappa shape index (κ2) is 4.81. The summed E-state index contributed by atoms with van der Waals surface area (Å²) in [5.41, 5.74) is 3.10. The van der Waals surface area contributed by atoms with Crippen LogP contribution in [0.4, 0.5) is 14.5 Å². The van der Waals surface area contributed by atoms with E-state index in [1.807, 2.05) is 0 Å². The minimum Gasteiger partial charge on any atom is -0.476 e. The molecule has 0 amide bonds. The van der Waals surface area contributed by atoms with E-state index in [-0.39, 0.29) is 10.6 Å². The molecule has 0 spiro atoms. The van der Waals surface area contributed by atoms with Crippen molar-refractivity contribution in [3.8, 4) is 11.3 Å². The summed E-state index contributed by atoms with van der Waals surface area (Å²) in [6, 6.07) is 6.06. The Morgan fingerprint density at radius 1 is 1.26 bits per heavy atom. The number of carbonyl (C=O) groups is 1. The number of hydrogen-bond acceptors (Lipinski definition) is 3. The minimum atomic E-state index is -1.64. The summed E-state index contributed by atoms with van der Waals surface area (Å²) in [7, 11) is 0. The zero-order valence-corrected chi connectivity index (χ0v) is 10.1. The van der Waals surface area contributed by atoms with Gasteiger partial charge in [0.2, 0.25) is 0 Å². The van der Waals surface area contributed by atoms with Gasteiger partial charge in [0.15, 0.2) is 17.3 Å². The van der Waals surface area contributed by atoms with Gasteiger partial charge in [-0.25, -0.2) is 18.6 Å². The van der Waals surface area contributed by atoms with Gasteiger partial charge in [-0.15, -0.1) is 0 Å². The Bertz CT molecular complexity index is 677. The molecule has 7 heteroatoms. The van der Waals surface area contributed by atoms with Crippen molar-refractivity contribution in [2.45, 2.75) is 0 Å². The number of aromatic carboxylic acids is 1. The first-order valence-electron chi connectivity index (χ1n) is 5.06. The van der Waals surface area contributed by atoms with Crippen LogP contribution in [0, 0.1) is 11.6 Å². The van der Waals surface area contributed by atoms with E-state index in [1.165, 1.54) is 12.1 Å². The highest BCUT2D eigenvalue weighted by Gasteiger charge is 2.23. The molecular weight excluding hydrogens is 278 g/mol. The molecule has 3 N–H and O–H groups in total. The average Bonchev–Trinajstić information content (AvgIpc) is 2.37. The lowest BCUT2D eigenvalue weighted by Crippen LogP contribution is -2.11. The zero-order chi connectivity index (χ0) is 14.2. The minimum absolute atomic E-state index is 0.135. The van der Waals surface area contributed by atoms with Crippen LogP contribution in [-0.2, 0) is 0 Å². The van der Waals surface area contributed by atoms with Gasteiger partial charge in [0, 0.05) is 5.56 Å². The molecule has 0 saturated carbocycles. The van der Waals surface area contributed by atoms with Crippen molar-refractivity contribution in [2.24, 2.45) is 0 Å². The Morgan fingerprint density at radius 3 is 2.47 bits per heavy atom. The number of hydrogen-bond donors (Lipinski definition) is 2. The van der Waals surface area contributed by atoms with Crippen molar-refractivity contribution in [2.75, 3.05) is 5.73 Å². The van der Waals surface area contributed by atoms with Crippen LogP contribution in [0.1, 0.15) is 10.5 Å². The number of halogens is 3. The van der Waals surface area contributed by atoms with Crippen LogP contribution in [0.2, 0.25) is 5.02 Å². The van der Waals surface area contributed by atoms with Crippen molar-refractivity contribution in [3.05, 3.63) is 46.6 Å². The number of carboxylic acids is 1. The first-order chi connectivity index (χ1) is 8.93. The molecule has 0 radical (unpaired) electrons. The largest absolute Gasteiger partial charge is 0.476 e. The number of rotatable bonds is 2. The van der Waals surface area contributed by atoms with E-state index in [4.69, 9.17) is 22.4 Å². The molecule has 0 unspecified atom stereocenters. The second-order valence-corrected chi connectivity index (χ2v) is 4.04. The van der Waals surface area contributed by atoms with E-state index < -0.39 is 34.7 Å². The Labute approximate surface area is 111 Å². The van der Waals surface area contributed by atoms with Gasteiger partial charge in [0.1, 0.15) is 11.4 Å². The number of nitrogens with two attached hydrogens (primary N) is 1. The lowest BCUT2D eigenvalue weighted by atomic mass is 10.1. The number of anilines is 1. The van der Waals surface area contributed by atoms with Crippen LogP contribution in [0.15, 0.2) is 24.3 Å². The van der Waals surface area contributed by atoms with Crippen molar-refractivity contribution in [1.29, 1.82) is 0 Å². The number of benzene rings is 1. The number of nitrogens with zero attached hydrogens (tertiary/aromatic N) is 1. The van der Waals surface area contributed by atoms with Gasteiger partial charge >= 0.3 is 5.97 Å². The molecule has 2 rings (SSSR count). The van der Waals surface area contributed by atoms with Gasteiger partial charge < -0.3 is 10.8 Å². The van der Waals surface area contributed by atoms with Gasteiger partial charge in [0.25, 0.3) is 0 Å². The summed E-state index contributed by atoms with van der Waals surface area (Å²) in [6.45, 7) is 0. The topological polar surface area (TPSA) is 76.2 Å². The smallest absolute Gasteiger partial charge is 0.357 e. The normalized spacial score (nSPS) is 10.5. The number of pyridine rings is 1. The molecule has 0 fully saturated rings. The molecular formula is C12H7ClF2N2O2. The van der Waals surface area contributed by atoms with Crippen molar-refractivity contribution in [1.82, 2.24) is 4.98 Å². The van der Waals surface area contributed by atoms with Crippen LogP contribution in [0.3, 0.4) is 0 Å². The summed E-state index contributed by atoms with van der Waals surface area (Å²) in [6.07, 6.45) is 0. The van der Waals surface area contributed by atoms with Crippen LogP contribution >= 0.6 is 11.6 Å². The zero-order valence-electron chi connectivity index (χ0n) is 9.32. The summed E-state index contributed by atoms with van der Waals surface area (Å²) < 4.78 is 27.4. The lowest BCUT2D eigenvalue weighted by Gasteiger charge is -2.09. The van der Waals surface area contributed by atoms with Crippen molar-refractivity contribution < 1.29 is 18.7 Å². The maximum atomic E-state index is 13.9. The maximum absolute atomic E-state index is 13.9. The quantitative estimate of drug-likeness (QED) is 0.889. The summed E-state index contributed by atoms with van der Waals surface area (Å²) in [5, 5.41) is 8.96. The predicted molar refractivity (Wildman–Crippen MR) is 66.0 cm³/mol. The third-order valence-corrected chi connectivity index (χ3v) is 2.77. The molecule has 0 atom stereocenters. The summed E-state index contributed by atoms with van der Waals surface area (Å²) in [5.74, 6) is -4.19. The molecule has 98 valence electrons. The van der Waals surface area contributed by atoms with Crippen LogP contribution < -0.4 is 5.73 Å². The first-order valence-corrected chi connectivity index (χ1v) is 5.44. The van der Waals surface area contributed by atoms with Gasteiger partial charge in [-0.05, 0) is 6.07 Å². The first kappa shape index (κ1) is 13.2. The molecule has 0 aliphatic heterocycles. The highest BCUT2D eigenvalue weighted by Crippen LogP contribution is 2.32. The number of aromatic nitrogens is 1. The van der Waals surface area contributed by atoms with E-state index in [0.717, 1.165) is 0 Å². The average molecular weight is 285 g/mol. The Hall–Kier alpha value is -2.21. The van der Waals surface area contributed by atoms with Gasteiger partial charge in [-0.1, -0.05) is 29.8 Å². The predicted octanol–water partition coefficient (Wildman–Crippen LogP) is 2.96. The monoisotopic (exact) mass is 284 g/mol. The Morgan fingerprint density at radius 2 is 1.89 bits per heavy atom. The number of nitrogen functional groups attached to an aromatic ring is 1. The van der Waals surface area contributed by atoms with E-state index >= 15 is 0 Å². The van der Waals surface area contributed by atoms with E-state index in [0.29, 0.717) is 0 Å². The fourth-order valence-corrected chi connectivity index (χ4v) is 1.76. The molecule has 2 aromatic rings. The highest BCUT2D eigenvalue weighted by molar-refractivity contribution is 6.33. The van der Waals surface area contributed by atoms with Crippen LogP contribution in [-0.4, -0.2) is 16.1 Å². The summed E-state index contributed by atoms with van der Waals surface area (Å²) in [4.78, 5) is 14.3. The molecule has 0 saturated heterocycles. The standard InChI is InChI=1S/C12H7ClF2N2O2/c13-6-4-2-1-3-5(6)10-7(14)9(16)8(15)11(17-10)12(18)19/h1-4H,(H2,16,17)(H,18,19). The highest BCUT2D eigenvalue weighted by atomic mass is 35.5. The third-order valence-electron chi connectivity index (χ3n) is 2.44. The molecule has 0 bridgehead atoms. The third kappa shape index (κ3) is 2.22. The van der Waals surface area contributed by atoms with Crippen molar-refractivity contribution >= 4 is 23.3 Å². The lowest BCUT2D eigenvalue weighted by molar-refractivity contribution is 0.0685. The molecule has 0 aliphatic carbocycles. The van der Waals surface area contributed by atoms with Crippen molar-refractivity contribution in [3.63, 3.8) is 0 Å². The van der Waals surface area contributed by atoms with E-state index in [9.17, 15) is 13.6 Å². The molecule has 1 heterocycles. The van der Waals surface area contributed by atoms with Gasteiger partial charge in [-0.2, -0.15) is 0 Å². The molecule has 0 aliphatic rings. The Kier molecular flexibility index (Phi) is 3.35. The van der Waals surface area contributed by atoms with Crippen LogP contribution in [0.25, 0.3) is 11.3 Å². The SMILES string of the molecule is Nc1c(F)c(C(=O)O)nc(-c2ccccc2Cl)c1F. The summed E-state index contributed by atoms with van der Waals surface area (Å²) >= 11 is 5.87. The molecule has 19 heavy (non-hydrogen) atoms. The second-order valence-electron chi connectivity index (χ2n) is 3.64. The fourth-order valence-electron chi connectivity index (χ4n) is 1.53. The fraction of sp³-hybridized carbons (Fsp3) is 0. The van der Waals surface area contributed by atoms with Gasteiger partial charge in [0.05, 0.1) is 5.02 Å². The van der Waals surface area contributed by atoms with Gasteiger partial charge in [-0.3, -0.25) is 0 Å². The molecule has 1 aromatic carbocycles.